The van der Waals surface area contributed by atoms with Gasteiger partial charge in [-0.1, -0.05) is 12.1 Å². The van der Waals surface area contributed by atoms with Gasteiger partial charge in [0.25, 0.3) is 0 Å². The van der Waals surface area contributed by atoms with E-state index in [2.05, 4.69) is 11.4 Å². The Morgan fingerprint density at radius 1 is 1.40 bits per heavy atom. The lowest BCUT2D eigenvalue weighted by atomic mass is 10.1. The van der Waals surface area contributed by atoms with E-state index in [0.29, 0.717) is 6.54 Å². The Labute approximate surface area is 117 Å². The predicted octanol–water partition coefficient (Wildman–Crippen LogP) is 0.511. The Morgan fingerprint density at radius 3 is 3.10 bits per heavy atom. The van der Waals surface area contributed by atoms with Crippen LogP contribution in [0.2, 0.25) is 0 Å². The maximum atomic E-state index is 12.0. The fraction of sp³-hybridized carbons (Fsp3) is 0.467. The summed E-state index contributed by atoms with van der Waals surface area (Å²) in [7, 11) is 0. The Bertz CT molecular complexity index is 556. The number of nitrogens with zero attached hydrogens (tertiary/aromatic N) is 1. The first kappa shape index (κ1) is 13.0. The molecule has 106 valence electrons. The number of benzene rings is 1. The number of fused-ring (bicyclic) bond motifs is 1. The van der Waals surface area contributed by atoms with Crippen molar-refractivity contribution in [1.29, 1.82) is 0 Å². The molecule has 1 aromatic carbocycles. The molecular weight excluding hydrogens is 256 g/mol. The van der Waals surface area contributed by atoms with Gasteiger partial charge in [-0.15, -0.1) is 0 Å². The van der Waals surface area contributed by atoms with Gasteiger partial charge in [0, 0.05) is 13.0 Å². The number of hydrogen-bond acceptors (Lipinski definition) is 3. The molecule has 20 heavy (non-hydrogen) atoms. The zero-order valence-electron chi connectivity index (χ0n) is 11.5. The third-order valence-corrected chi connectivity index (χ3v) is 3.82. The van der Waals surface area contributed by atoms with Crippen LogP contribution in [0.25, 0.3) is 0 Å². The number of ether oxygens (including phenoxy) is 1. The molecule has 2 aliphatic heterocycles. The average Bonchev–Trinajstić information content (AvgIpc) is 2.88. The summed E-state index contributed by atoms with van der Waals surface area (Å²) in [4.78, 5) is 25.1. The van der Waals surface area contributed by atoms with Crippen LogP contribution in [0, 0.1) is 0 Å². The number of piperazine rings is 1. The third-order valence-electron chi connectivity index (χ3n) is 3.82. The highest BCUT2D eigenvalue weighted by Crippen LogP contribution is 2.26. The van der Waals surface area contributed by atoms with Crippen LogP contribution >= 0.6 is 0 Å². The average molecular weight is 274 g/mol. The van der Waals surface area contributed by atoms with Crippen LogP contribution in [-0.4, -0.2) is 42.5 Å². The molecule has 1 atom stereocenters. The summed E-state index contributed by atoms with van der Waals surface area (Å²) in [6, 6.07) is 5.75. The fourth-order valence-corrected chi connectivity index (χ4v) is 2.72. The number of carbonyl (C=O) groups is 2. The highest BCUT2D eigenvalue weighted by molar-refractivity contribution is 5.94. The molecule has 0 radical (unpaired) electrons. The van der Waals surface area contributed by atoms with E-state index in [9.17, 15) is 9.59 Å². The summed E-state index contributed by atoms with van der Waals surface area (Å²) in [5.74, 6) is 0.879. The molecule has 1 saturated heterocycles. The van der Waals surface area contributed by atoms with Crippen molar-refractivity contribution in [3.8, 4) is 5.75 Å². The van der Waals surface area contributed by atoms with Gasteiger partial charge in [0.15, 0.2) is 0 Å². The van der Waals surface area contributed by atoms with E-state index in [1.165, 1.54) is 11.1 Å². The largest absolute Gasteiger partial charge is 0.493 e. The Hall–Kier alpha value is -2.04. The third kappa shape index (κ3) is 2.48. The highest BCUT2D eigenvalue weighted by atomic mass is 16.5. The molecule has 5 heteroatoms. The van der Waals surface area contributed by atoms with Crippen molar-refractivity contribution < 1.29 is 14.3 Å². The Kier molecular flexibility index (Phi) is 3.34. The zero-order chi connectivity index (χ0) is 14.1. The summed E-state index contributed by atoms with van der Waals surface area (Å²) >= 11 is 0. The lowest BCUT2D eigenvalue weighted by Crippen LogP contribution is -2.57. The molecule has 0 saturated carbocycles. The molecule has 1 fully saturated rings. The first-order valence-electron chi connectivity index (χ1n) is 6.96. The molecule has 5 nitrogen and oxygen atoms in total. The second kappa shape index (κ2) is 5.15. The summed E-state index contributed by atoms with van der Waals surface area (Å²) in [5.41, 5.74) is 2.42. The topological polar surface area (TPSA) is 58.6 Å². The van der Waals surface area contributed by atoms with E-state index < -0.39 is 6.04 Å². The maximum absolute atomic E-state index is 12.0. The van der Waals surface area contributed by atoms with Crippen molar-refractivity contribution in [2.75, 3.05) is 19.7 Å². The summed E-state index contributed by atoms with van der Waals surface area (Å²) in [6.45, 7) is 3.22. The summed E-state index contributed by atoms with van der Waals surface area (Å²) in [6.07, 6.45) is 1.71. The van der Waals surface area contributed by atoms with E-state index in [1.54, 1.807) is 11.8 Å². The lowest BCUT2D eigenvalue weighted by molar-refractivity contribution is -0.143. The van der Waals surface area contributed by atoms with E-state index in [-0.39, 0.29) is 18.4 Å². The number of amides is 2. The van der Waals surface area contributed by atoms with E-state index in [4.69, 9.17) is 4.74 Å². The molecule has 0 aromatic heterocycles. The van der Waals surface area contributed by atoms with Crippen molar-refractivity contribution in [1.82, 2.24) is 10.2 Å². The van der Waals surface area contributed by atoms with Gasteiger partial charge in [0.05, 0.1) is 13.2 Å². The number of rotatable bonds is 3. The molecule has 2 aliphatic rings. The standard InChI is InChI=1S/C15H18N2O3/c1-10-15(19)17(9-14(18)16-10)6-4-11-2-3-13-12(8-11)5-7-20-13/h2-3,8,10H,4-7,9H2,1H3,(H,16,18). The molecule has 2 heterocycles. The second-order valence-electron chi connectivity index (χ2n) is 5.34. The number of hydrogen-bond donors (Lipinski definition) is 1. The van der Waals surface area contributed by atoms with Crippen LogP contribution in [0.4, 0.5) is 0 Å². The SMILES string of the molecule is CC1NC(=O)CN(CCc2ccc3c(c2)CCO3)C1=O. The van der Waals surface area contributed by atoms with Crippen molar-refractivity contribution in [3.63, 3.8) is 0 Å². The molecule has 1 aromatic rings. The van der Waals surface area contributed by atoms with Crippen molar-refractivity contribution in [3.05, 3.63) is 29.3 Å². The molecular formula is C15H18N2O3. The molecule has 0 spiro atoms. The molecule has 0 aliphatic carbocycles. The first-order chi connectivity index (χ1) is 9.63. The van der Waals surface area contributed by atoms with Gasteiger partial charge < -0.3 is 15.0 Å². The van der Waals surface area contributed by atoms with Gasteiger partial charge in [-0.3, -0.25) is 9.59 Å². The molecule has 0 bridgehead atoms. The monoisotopic (exact) mass is 274 g/mol. The molecule has 1 unspecified atom stereocenters. The smallest absolute Gasteiger partial charge is 0.245 e. The van der Waals surface area contributed by atoms with Crippen LogP contribution in [0.3, 0.4) is 0 Å². The zero-order valence-corrected chi connectivity index (χ0v) is 11.5. The van der Waals surface area contributed by atoms with Gasteiger partial charge in [-0.25, -0.2) is 0 Å². The minimum Gasteiger partial charge on any atom is -0.493 e. The molecule has 3 rings (SSSR count). The minimum absolute atomic E-state index is 0.00547. The summed E-state index contributed by atoms with van der Waals surface area (Å²) < 4.78 is 5.48. The van der Waals surface area contributed by atoms with Gasteiger partial charge in [0.1, 0.15) is 11.8 Å². The van der Waals surface area contributed by atoms with Crippen LogP contribution in [0.1, 0.15) is 18.1 Å². The van der Waals surface area contributed by atoms with E-state index >= 15 is 0 Å². The minimum atomic E-state index is -0.412. The number of carbonyl (C=O) groups excluding carboxylic acids is 2. The second-order valence-corrected chi connectivity index (χ2v) is 5.34. The van der Waals surface area contributed by atoms with Crippen molar-refractivity contribution in [2.24, 2.45) is 0 Å². The molecule has 2 amide bonds. The normalized spacial score (nSPS) is 21.4. The van der Waals surface area contributed by atoms with Gasteiger partial charge in [-0.2, -0.15) is 0 Å². The van der Waals surface area contributed by atoms with Crippen molar-refractivity contribution in [2.45, 2.75) is 25.8 Å². The Balaban J connectivity index is 1.64. The predicted molar refractivity (Wildman–Crippen MR) is 73.5 cm³/mol. The molecule has 1 N–H and O–H groups in total. The maximum Gasteiger partial charge on any atom is 0.245 e. The van der Waals surface area contributed by atoms with Crippen LogP contribution < -0.4 is 10.1 Å². The van der Waals surface area contributed by atoms with E-state index in [1.807, 2.05) is 12.1 Å². The lowest BCUT2D eigenvalue weighted by Gasteiger charge is -2.30. The van der Waals surface area contributed by atoms with Gasteiger partial charge in [-0.05, 0) is 30.5 Å². The van der Waals surface area contributed by atoms with E-state index in [0.717, 1.165) is 25.2 Å². The quantitative estimate of drug-likeness (QED) is 0.874. The highest BCUT2D eigenvalue weighted by Gasteiger charge is 2.28. The fourth-order valence-electron chi connectivity index (χ4n) is 2.72. The van der Waals surface area contributed by atoms with Crippen molar-refractivity contribution >= 4 is 11.8 Å². The first-order valence-corrected chi connectivity index (χ1v) is 6.96. The Morgan fingerprint density at radius 2 is 2.25 bits per heavy atom. The number of nitrogens with one attached hydrogen (secondary N) is 1. The van der Waals surface area contributed by atoms with Crippen LogP contribution in [0.5, 0.6) is 5.75 Å². The van der Waals surface area contributed by atoms with Crippen LogP contribution in [0.15, 0.2) is 18.2 Å². The summed E-state index contributed by atoms with van der Waals surface area (Å²) in [5, 5.41) is 2.64. The van der Waals surface area contributed by atoms with Crippen LogP contribution in [-0.2, 0) is 22.4 Å². The van der Waals surface area contributed by atoms with Gasteiger partial charge in [0.2, 0.25) is 11.8 Å². The van der Waals surface area contributed by atoms with Gasteiger partial charge >= 0.3 is 0 Å².